The highest BCUT2D eigenvalue weighted by molar-refractivity contribution is 7.98. The number of hydrogen-bond donors (Lipinski definition) is 4. The van der Waals surface area contributed by atoms with Gasteiger partial charge >= 0.3 is 11.9 Å². The highest BCUT2D eigenvalue weighted by Gasteiger charge is 2.51. The van der Waals surface area contributed by atoms with E-state index >= 15 is 0 Å². The number of thioether (sulfide) groups is 1. The van der Waals surface area contributed by atoms with Crippen LogP contribution in [-0.2, 0) is 27.2 Å². The second-order valence-electron chi connectivity index (χ2n) is 13.8. The Labute approximate surface area is 313 Å². The van der Waals surface area contributed by atoms with Crippen LogP contribution in [-0.4, -0.2) is 87.1 Å². The Morgan fingerprint density at radius 3 is 2.49 bits per heavy atom. The van der Waals surface area contributed by atoms with E-state index in [9.17, 15) is 19.8 Å². The Morgan fingerprint density at radius 1 is 1.02 bits per heavy atom. The Balaban J connectivity index is 1.39. The van der Waals surface area contributed by atoms with E-state index < -0.39 is 30.1 Å². The molecule has 4 aliphatic heterocycles. The third-order valence-electron chi connectivity index (χ3n) is 11.0. The minimum Gasteiger partial charge on any atom is -0.504 e. The second-order valence-corrected chi connectivity index (χ2v) is 14.8. The average molecular weight is 750 g/mol. The number of rotatable bonds is 8. The first-order valence-corrected chi connectivity index (χ1v) is 19.1. The van der Waals surface area contributed by atoms with Crippen LogP contribution in [0.25, 0.3) is 0 Å². The number of carbonyl (C=O) groups is 2. The zero-order valence-corrected chi connectivity index (χ0v) is 31.9. The molecule has 5 atom stereocenters. The number of nitrogens with zero attached hydrogens (tertiary/aromatic N) is 1. The lowest BCUT2D eigenvalue weighted by molar-refractivity contribution is -0.149. The van der Waals surface area contributed by atoms with E-state index in [2.05, 4.69) is 21.6 Å². The fourth-order valence-corrected chi connectivity index (χ4v) is 9.89. The van der Waals surface area contributed by atoms with Crippen molar-refractivity contribution in [3.8, 4) is 40.2 Å². The molecule has 3 aromatic carbocycles. The molecule has 0 saturated carbocycles. The molecule has 3 aromatic rings. The van der Waals surface area contributed by atoms with E-state index in [1.807, 2.05) is 27.2 Å². The molecule has 4 heterocycles. The van der Waals surface area contributed by atoms with E-state index in [0.29, 0.717) is 60.1 Å². The van der Waals surface area contributed by atoms with Gasteiger partial charge in [0, 0.05) is 41.8 Å². The van der Waals surface area contributed by atoms with Crippen molar-refractivity contribution < 1.29 is 48.2 Å². The molecule has 0 spiro atoms. The lowest BCUT2D eigenvalue weighted by Gasteiger charge is -2.51. The summed E-state index contributed by atoms with van der Waals surface area (Å²) in [6, 6.07) is 3.31. The van der Waals surface area contributed by atoms with Crippen LogP contribution >= 0.6 is 11.8 Å². The minimum atomic E-state index is -0.789. The smallest absolute Gasteiger partial charge is 0.327 e. The summed E-state index contributed by atoms with van der Waals surface area (Å²) < 4.78 is 35.6. The number of nitrogens with one attached hydrogen (secondary N) is 2. The zero-order valence-electron chi connectivity index (χ0n) is 31.1. The van der Waals surface area contributed by atoms with E-state index in [-0.39, 0.29) is 41.9 Å². The normalized spacial score (nSPS) is 23.0. The first-order valence-electron chi connectivity index (χ1n) is 17.8. The number of phenols is 2. The predicted molar refractivity (Wildman–Crippen MR) is 198 cm³/mol. The number of likely N-dealkylation sites (N-methyl/N-ethyl adjacent to an activating group) is 1. The Bertz CT molecular complexity index is 1950. The predicted octanol–water partition coefficient (Wildman–Crippen LogP) is 4.85. The van der Waals surface area contributed by atoms with E-state index in [1.54, 1.807) is 31.0 Å². The van der Waals surface area contributed by atoms with E-state index in [1.165, 1.54) is 14.0 Å². The van der Waals surface area contributed by atoms with Crippen molar-refractivity contribution in [2.24, 2.45) is 0 Å². The Kier molecular flexibility index (Phi) is 10.3. The largest absolute Gasteiger partial charge is 0.504 e. The number of methoxy groups -OCH3 is 2. The van der Waals surface area contributed by atoms with Crippen LogP contribution in [0.5, 0.6) is 40.2 Å². The van der Waals surface area contributed by atoms with E-state index in [4.69, 9.17) is 28.4 Å². The SMILES string of the molecule is CN[C@@H]1c2c(cc(C)c(OC)c2O)CCCN2C1C(SC)c1c(OC(C)=O)c(C)c3c(c1[C@@H]2COC(=O)C1NCCc2cc(O)c(OC)cc21)OCO3. The molecule has 4 N–H and O–H groups in total. The lowest BCUT2D eigenvalue weighted by atomic mass is 9.78. The van der Waals surface area contributed by atoms with Gasteiger partial charge in [0.1, 0.15) is 18.4 Å². The maximum Gasteiger partial charge on any atom is 0.327 e. The standard InChI is InChI=1S/C39H47N3O10S/c1-18-13-22-9-8-12-42-24(16-49-39(46)30-23-15-26(47-5)25(44)14-21(23)10-11-41-30)28-29(35(52-20(3)43)19(2)36-37(28)51-17-50-36)38(53-7)32(42)31(40-4)27(22)33(45)34(18)48-6/h13-15,24,30-32,38,40-41,44-45H,8-12,16-17H2,1-7H3/t24-,30?,31+,32?,38?/m0/s1. The fraction of sp³-hybridized carbons (Fsp3) is 0.487. The van der Waals surface area contributed by atoms with Crippen molar-refractivity contribution in [3.63, 3.8) is 0 Å². The summed E-state index contributed by atoms with van der Waals surface area (Å²) in [4.78, 5) is 29.2. The van der Waals surface area contributed by atoms with Crippen molar-refractivity contribution in [2.45, 2.75) is 69.5 Å². The summed E-state index contributed by atoms with van der Waals surface area (Å²) in [5.41, 5.74) is 6.29. The number of esters is 2. The van der Waals surface area contributed by atoms with Gasteiger partial charge in [-0.25, -0.2) is 4.79 Å². The molecule has 0 aliphatic carbocycles. The van der Waals surface area contributed by atoms with Gasteiger partial charge < -0.3 is 49.3 Å². The molecular formula is C39H47N3O10S. The third kappa shape index (κ3) is 6.18. The number of carbonyl (C=O) groups excluding carboxylic acids is 2. The van der Waals surface area contributed by atoms with Gasteiger partial charge in [0.15, 0.2) is 34.5 Å². The number of fused-ring (bicyclic) bond motifs is 6. The summed E-state index contributed by atoms with van der Waals surface area (Å²) in [5.74, 6) is 1.25. The molecule has 13 nitrogen and oxygen atoms in total. The number of benzene rings is 3. The van der Waals surface area contributed by atoms with Gasteiger partial charge in [-0.3, -0.25) is 9.69 Å². The van der Waals surface area contributed by atoms with Gasteiger partial charge in [-0.15, -0.1) is 0 Å². The topological polar surface area (TPSA) is 157 Å². The van der Waals surface area contributed by atoms with Gasteiger partial charge in [0.05, 0.1) is 31.6 Å². The molecule has 53 heavy (non-hydrogen) atoms. The van der Waals surface area contributed by atoms with Crippen LogP contribution in [0.4, 0.5) is 0 Å². The molecule has 0 aromatic heterocycles. The molecule has 14 heteroatoms. The first kappa shape index (κ1) is 37.0. The molecule has 0 amide bonds. The highest BCUT2D eigenvalue weighted by atomic mass is 32.2. The van der Waals surface area contributed by atoms with Crippen LogP contribution in [0, 0.1) is 13.8 Å². The van der Waals surface area contributed by atoms with Gasteiger partial charge in [0.25, 0.3) is 0 Å². The van der Waals surface area contributed by atoms with Crippen molar-refractivity contribution in [1.82, 2.24) is 15.5 Å². The van der Waals surface area contributed by atoms with Crippen LogP contribution in [0.15, 0.2) is 18.2 Å². The zero-order chi connectivity index (χ0) is 37.7. The van der Waals surface area contributed by atoms with Crippen LogP contribution in [0.1, 0.15) is 81.2 Å². The highest BCUT2D eigenvalue weighted by Crippen LogP contribution is 2.60. The molecule has 0 radical (unpaired) electrons. The van der Waals surface area contributed by atoms with Crippen LogP contribution in [0.3, 0.4) is 0 Å². The Morgan fingerprint density at radius 2 is 1.79 bits per heavy atom. The average Bonchev–Trinajstić information content (AvgIpc) is 3.62. The molecule has 0 fully saturated rings. The lowest BCUT2D eigenvalue weighted by Crippen LogP contribution is -2.54. The van der Waals surface area contributed by atoms with Gasteiger partial charge in [-0.2, -0.15) is 11.8 Å². The first-order chi connectivity index (χ1) is 25.5. The summed E-state index contributed by atoms with van der Waals surface area (Å²) in [6.07, 6.45) is 4.09. The molecule has 4 aliphatic rings. The van der Waals surface area contributed by atoms with Gasteiger partial charge in [-0.05, 0) is 87.3 Å². The number of aromatic hydroxyl groups is 2. The van der Waals surface area contributed by atoms with Crippen molar-refractivity contribution in [1.29, 1.82) is 0 Å². The number of phenolic OH excluding ortho intramolecular Hbond substituents is 2. The third-order valence-corrected chi connectivity index (χ3v) is 12.0. The molecule has 7 rings (SSSR count). The number of hydrogen-bond acceptors (Lipinski definition) is 14. The van der Waals surface area contributed by atoms with Crippen molar-refractivity contribution in [2.75, 3.05) is 54.0 Å². The molecule has 0 saturated heterocycles. The molecular weight excluding hydrogens is 703 g/mol. The second kappa shape index (κ2) is 14.8. The summed E-state index contributed by atoms with van der Waals surface area (Å²) >= 11 is 1.61. The molecule has 0 bridgehead atoms. The summed E-state index contributed by atoms with van der Waals surface area (Å²) in [7, 11) is 4.90. The van der Waals surface area contributed by atoms with E-state index in [0.717, 1.165) is 39.8 Å². The Hall–Kier alpha value is -4.37. The number of aryl methyl sites for hydroxylation is 2. The van der Waals surface area contributed by atoms with Crippen molar-refractivity contribution in [3.05, 3.63) is 62.7 Å². The van der Waals surface area contributed by atoms with Crippen molar-refractivity contribution >= 4 is 23.7 Å². The monoisotopic (exact) mass is 749 g/mol. The maximum atomic E-state index is 14.1. The van der Waals surface area contributed by atoms with Gasteiger partial charge in [-0.1, -0.05) is 6.07 Å². The quantitative estimate of drug-likeness (QED) is 0.183. The minimum absolute atomic E-state index is 0.0109. The van der Waals surface area contributed by atoms with Gasteiger partial charge in [0.2, 0.25) is 6.79 Å². The van der Waals surface area contributed by atoms with Crippen LogP contribution < -0.4 is 34.3 Å². The fourth-order valence-electron chi connectivity index (χ4n) is 8.83. The molecule has 284 valence electrons. The molecule has 3 unspecified atom stereocenters. The van der Waals surface area contributed by atoms with Crippen LogP contribution in [0.2, 0.25) is 0 Å². The summed E-state index contributed by atoms with van der Waals surface area (Å²) in [5, 5.41) is 28.8. The maximum absolute atomic E-state index is 14.1. The summed E-state index contributed by atoms with van der Waals surface area (Å²) in [6.45, 7) is 6.23. The number of ether oxygens (including phenoxy) is 6.